The van der Waals surface area contributed by atoms with E-state index in [2.05, 4.69) is 4.98 Å². The fourth-order valence-electron chi connectivity index (χ4n) is 1.14. The zero-order valence-corrected chi connectivity index (χ0v) is 9.42. The molecule has 0 N–H and O–H groups in total. The highest BCUT2D eigenvalue weighted by molar-refractivity contribution is 6.29. The summed E-state index contributed by atoms with van der Waals surface area (Å²) in [6.07, 6.45) is 0.701. The van der Waals surface area contributed by atoms with Crippen molar-refractivity contribution in [1.29, 1.82) is 0 Å². The molecule has 0 fully saturated rings. The molecule has 1 rings (SSSR count). The van der Waals surface area contributed by atoms with E-state index in [4.69, 9.17) is 21.1 Å². The predicted octanol–water partition coefficient (Wildman–Crippen LogP) is 2.95. The average Bonchev–Trinajstić information content (AvgIpc) is 2.22. The second kappa shape index (κ2) is 6.00. The molecule has 0 aliphatic rings. The van der Waals surface area contributed by atoms with Crippen LogP contribution in [-0.4, -0.2) is 18.2 Å². The van der Waals surface area contributed by atoms with E-state index >= 15 is 0 Å². The highest BCUT2D eigenvalue weighted by atomic mass is 35.5. The minimum atomic E-state index is -0.722. The van der Waals surface area contributed by atoms with E-state index in [-0.39, 0.29) is 10.7 Å². The summed E-state index contributed by atoms with van der Waals surface area (Å²) in [5, 5.41) is -0.170. The lowest BCUT2D eigenvalue weighted by molar-refractivity contribution is -0.141. The van der Waals surface area contributed by atoms with Crippen LogP contribution in [0.5, 0.6) is 0 Å². The minimum absolute atomic E-state index is 0.170. The summed E-state index contributed by atoms with van der Waals surface area (Å²) < 4.78 is 24.1. The van der Waals surface area contributed by atoms with E-state index in [1.807, 2.05) is 13.8 Å². The van der Waals surface area contributed by atoms with Gasteiger partial charge in [0.05, 0.1) is 0 Å². The lowest BCUT2D eigenvalue weighted by Crippen LogP contribution is -2.11. The van der Waals surface area contributed by atoms with Crippen molar-refractivity contribution in [3.63, 3.8) is 0 Å². The van der Waals surface area contributed by atoms with Crippen molar-refractivity contribution >= 4 is 11.6 Å². The van der Waals surface area contributed by atoms with Crippen molar-refractivity contribution in [2.24, 2.45) is 0 Å². The van der Waals surface area contributed by atoms with Crippen LogP contribution in [0.15, 0.2) is 12.3 Å². The molecule has 1 aromatic rings. The molecule has 0 aliphatic heterocycles. The number of halogens is 2. The van der Waals surface area contributed by atoms with Crippen LogP contribution in [0.4, 0.5) is 4.39 Å². The van der Waals surface area contributed by atoms with E-state index in [1.54, 1.807) is 0 Å². The summed E-state index contributed by atoms with van der Waals surface area (Å²) in [4.78, 5) is 3.62. The Balaban J connectivity index is 2.94. The maximum Gasteiger partial charge on any atom is 0.186 e. The summed E-state index contributed by atoms with van der Waals surface area (Å²) in [6, 6.07) is 1.50. The van der Waals surface area contributed by atoms with Crippen molar-refractivity contribution in [2.45, 2.75) is 20.1 Å². The van der Waals surface area contributed by atoms with E-state index in [1.165, 1.54) is 12.3 Å². The van der Waals surface area contributed by atoms with Gasteiger partial charge in [-0.2, -0.15) is 0 Å². The molecular weight excluding hydrogens is 221 g/mol. The first kappa shape index (κ1) is 12.4. The molecule has 0 radical (unpaired) electrons. The van der Waals surface area contributed by atoms with Gasteiger partial charge in [-0.05, 0) is 19.9 Å². The van der Waals surface area contributed by atoms with Gasteiger partial charge in [0, 0.05) is 25.0 Å². The molecular formula is C10H13ClFNO2. The fraction of sp³-hybridized carbons (Fsp3) is 0.500. The molecule has 84 valence electrons. The molecule has 0 saturated carbocycles. The molecule has 0 aliphatic carbocycles. The fourth-order valence-corrected chi connectivity index (χ4v) is 1.31. The molecule has 3 nitrogen and oxygen atoms in total. The monoisotopic (exact) mass is 233 g/mol. The van der Waals surface area contributed by atoms with Gasteiger partial charge in [-0.1, -0.05) is 11.6 Å². The average molecular weight is 234 g/mol. The van der Waals surface area contributed by atoms with Crippen LogP contribution in [-0.2, 0) is 9.47 Å². The zero-order valence-electron chi connectivity index (χ0n) is 8.67. The summed E-state index contributed by atoms with van der Waals surface area (Å²) in [5.74, 6) is -0.592. The van der Waals surface area contributed by atoms with Crippen LogP contribution in [0, 0.1) is 5.82 Å². The molecule has 0 saturated heterocycles. The Morgan fingerprint density at radius 3 is 2.53 bits per heavy atom. The highest BCUT2D eigenvalue weighted by Gasteiger charge is 2.18. The van der Waals surface area contributed by atoms with Gasteiger partial charge in [0.1, 0.15) is 0 Å². The predicted molar refractivity (Wildman–Crippen MR) is 55.2 cm³/mol. The van der Waals surface area contributed by atoms with Gasteiger partial charge in [-0.3, -0.25) is 0 Å². The van der Waals surface area contributed by atoms with Gasteiger partial charge in [0.25, 0.3) is 0 Å². The standard InChI is InChI=1S/C10H13ClFNO2/c1-3-14-10(15-4-2)7-5-6-13-9(11)8(7)12/h5-6,10H,3-4H2,1-2H3. The SMILES string of the molecule is CCOC(OCC)c1ccnc(Cl)c1F. The molecule has 0 unspecified atom stereocenters. The normalized spacial score (nSPS) is 11.0. The van der Waals surface area contributed by atoms with E-state index < -0.39 is 12.1 Å². The molecule has 1 heterocycles. The Kier molecular flexibility index (Phi) is 4.94. The van der Waals surface area contributed by atoms with Gasteiger partial charge in [0.15, 0.2) is 17.3 Å². The third kappa shape index (κ3) is 3.12. The first-order valence-corrected chi connectivity index (χ1v) is 5.11. The number of pyridine rings is 1. The van der Waals surface area contributed by atoms with Crippen molar-refractivity contribution in [3.8, 4) is 0 Å². The first-order valence-electron chi connectivity index (χ1n) is 4.73. The van der Waals surface area contributed by atoms with Gasteiger partial charge in [-0.15, -0.1) is 0 Å². The van der Waals surface area contributed by atoms with Gasteiger partial charge < -0.3 is 9.47 Å². The largest absolute Gasteiger partial charge is 0.349 e. The minimum Gasteiger partial charge on any atom is -0.349 e. The van der Waals surface area contributed by atoms with Gasteiger partial charge in [-0.25, -0.2) is 9.37 Å². The topological polar surface area (TPSA) is 31.4 Å². The second-order valence-corrected chi connectivity index (χ2v) is 3.11. The molecule has 0 spiro atoms. The zero-order chi connectivity index (χ0) is 11.3. The van der Waals surface area contributed by atoms with E-state index in [0.29, 0.717) is 13.2 Å². The lowest BCUT2D eigenvalue weighted by Gasteiger charge is -2.17. The maximum atomic E-state index is 13.5. The lowest BCUT2D eigenvalue weighted by atomic mass is 10.2. The maximum absolute atomic E-state index is 13.5. The number of nitrogens with zero attached hydrogens (tertiary/aromatic N) is 1. The summed E-state index contributed by atoms with van der Waals surface area (Å²) >= 11 is 5.56. The van der Waals surface area contributed by atoms with Gasteiger partial charge >= 0.3 is 0 Å². The molecule has 15 heavy (non-hydrogen) atoms. The number of rotatable bonds is 5. The smallest absolute Gasteiger partial charge is 0.186 e. The Labute approximate surface area is 93.2 Å². The van der Waals surface area contributed by atoms with Crippen LogP contribution in [0.2, 0.25) is 5.15 Å². The molecule has 0 bridgehead atoms. The van der Waals surface area contributed by atoms with Crippen molar-refractivity contribution < 1.29 is 13.9 Å². The van der Waals surface area contributed by atoms with Gasteiger partial charge in [0.2, 0.25) is 0 Å². The first-order chi connectivity index (χ1) is 7.20. The van der Waals surface area contributed by atoms with E-state index in [9.17, 15) is 4.39 Å². The Morgan fingerprint density at radius 2 is 2.00 bits per heavy atom. The number of aromatic nitrogens is 1. The Bertz CT molecular complexity index is 316. The Hall–Kier alpha value is -0.710. The quantitative estimate of drug-likeness (QED) is 0.579. The molecule has 0 aromatic carbocycles. The van der Waals surface area contributed by atoms with Crippen LogP contribution in [0.25, 0.3) is 0 Å². The summed E-state index contributed by atoms with van der Waals surface area (Å²) in [5.41, 5.74) is 0.277. The summed E-state index contributed by atoms with van der Waals surface area (Å²) in [7, 11) is 0. The van der Waals surface area contributed by atoms with Crippen LogP contribution < -0.4 is 0 Å². The van der Waals surface area contributed by atoms with Crippen molar-refractivity contribution in [1.82, 2.24) is 4.98 Å². The number of hydrogen-bond acceptors (Lipinski definition) is 3. The van der Waals surface area contributed by atoms with Crippen LogP contribution >= 0.6 is 11.6 Å². The summed E-state index contributed by atoms with van der Waals surface area (Å²) in [6.45, 7) is 4.49. The van der Waals surface area contributed by atoms with Crippen molar-refractivity contribution in [2.75, 3.05) is 13.2 Å². The Morgan fingerprint density at radius 1 is 1.40 bits per heavy atom. The van der Waals surface area contributed by atoms with Crippen LogP contribution in [0.3, 0.4) is 0 Å². The van der Waals surface area contributed by atoms with Crippen LogP contribution in [0.1, 0.15) is 25.7 Å². The number of hydrogen-bond donors (Lipinski definition) is 0. The molecule has 1 aromatic heterocycles. The molecule has 0 amide bonds. The van der Waals surface area contributed by atoms with Crippen molar-refractivity contribution in [3.05, 3.63) is 28.8 Å². The molecule has 0 atom stereocenters. The molecule has 5 heteroatoms. The third-order valence-corrected chi connectivity index (χ3v) is 2.03. The third-order valence-electron chi connectivity index (χ3n) is 1.77. The number of ether oxygens (including phenoxy) is 2. The second-order valence-electron chi connectivity index (χ2n) is 2.75. The highest BCUT2D eigenvalue weighted by Crippen LogP contribution is 2.24. The van der Waals surface area contributed by atoms with E-state index in [0.717, 1.165) is 0 Å².